The van der Waals surface area contributed by atoms with Gasteiger partial charge in [0.1, 0.15) is 0 Å². The van der Waals surface area contributed by atoms with Crippen LogP contribution in [0.3, 0.4) is 0 Å². The van der Waals surface area contributed by atoms with Crippen molar-refractivity contribution in [3.8, 4) is 0 Å². The fraction of sp³-hybridized carbons (Fsp3) is 1.00. The van der Waals surface area contributed by atoms with Crippen molar-refractivity contribution in [2.45, 2.75) is 19.8 Å². The van der Waals surface area contributed by atoms with Crippen LogP contribution in [0.4, 0.5) is 0 Å². The van der Waals surface area contributed by atoms with E-state index in [1.54, 1.807) is 0 Å². The molecule has 0 aromatic carbocycles. The molecule has 3 heteroatoms. The Labute approximate surface area is 54.4 Å². The quantitative estimate of drug-likeness (QED) is 0.497. The van der Waals surface area contributed by atoms with Crippen LogP contribution in [0.5, 0.6) is 0 Å². The minimum absolute atomic E-state index is 0.709. The van der Waals surface area contributed by atoms with E-state index in [2.05, 4.69) is 6.92 Å². The van der Waals surface area contributed by atoms with Crippen LogP contribution in [-0.2, 0) is 6.15 Å². The molecule has 0 aromatic heterocycles. The van der Waals surface area contributed by atoms with Gasteiger partial charge in [-0.1, -0.05) is 0 Å². The standard InChI is InChI=1S/C4H9O.O.Sn.H/c1-2-3-4-5;;;/h2-4H2,1H3;;;/q-1;;+1;. The summed E-state index contributed by atoms with van der Waals surface area (Å²) in [5.41, 5.74) is 0. The van der Waals surface area contributed by atoms with Crippen molar-refractivity contribution in [1.82, 2.24) is 0 Å². The summed E-state index contributed by atoms with van der Waals surface area (Å²) in [6, 6.07) is 0. The second-order valence-electron chi connectivity index (χ2n) is 1.32. The van der Waals surface area contributed by atoms with Crippen molar-refractivity contribution in [2.24, 2.45) is 0 Å². The molecule has 0 amide bonds. The number of rotatable bonds is 4. The van der Waals surface area contributed by atoms with Gasteiger partial charge < -0.3 is 0 Å². The van der Waals surface area contributed by atoms with Gasteiger partial charge in [0.2, 0.25) is 0 Å². The topological polar surface area (TPSA) is 26.3 Å². The molecule has 0 saturated heterocycles. The predicted octanol–water partition coefficient (Wildman–Crippen LogP) is 0.500. The Morgan fingerprint density at radius 1 is 1.71 bits per heavy atom. The molecular weight excluding hydrogens is 199 g/mol. The Bertz CT molecular complexity index is 47.0. The number of hydrogen-bond acceptors (Lipinski definition) is 2. The summed E-state index contributed by atoms with van der Waals surface area (Å²) in [5.74, 6) is 0. The fourth-order valence-corrected chi connectivity index (χ4v) is 1.03. The SMILES string of the molecule is CCCC[O][SnH]=[O]. The second-order valence-corrected chi connectivity index (χ2v) is 2.82. The van der Waals surface area contributed by atoms with E-state index in [4.69, 9.17) is 3.07 Å². The molecule has 2 nitrogen and oxygen atoms in total. The normalized spacial score (nSPS) is 8.71. The van der Waals surface area contributed by atoms with Gasteiger partial charge in [-0.05, 0) is 0 Å². The van der Waals surface area contributed by atoms with Crippen molar-refractivity contribution in [3.63, 3.8) is 0 Å². The molecule has 0 atom stereocenters. The first-order valence-corrected chi connectivity index (χ1v) is 5.16. The summed E-state index contributed by atoms with van der Waals surface area (Å²) in [5, 5.41) is 0. The zero-order chi connectivity index (χ0) is 5.54. The average Bonchev–Trinajstić information content (AvgIpc) is 1.69. The Hall–Kier alpha value is 0.559. The van der Waals surface area contributed by atoms with E-state index in [0.717, 1.165) is 12.8 Å². The molecule has 0 aliphatic carbocycles. The second kappa shape index (κ2) is 6.56. The number of unbranched alkanes of at least 4 members (excludes halogenated alkanes) is 1. The van der Waals surface area contributed by atoms with E-state index >= 15 is 0 Å². The zero-order valence-corrected chi connectivity index (χ0v) is 7.81. The molecule has 0 spiro atoms. The molecule has 0 unspecified atom stereocenters. The first-order valence-electron chi connectivity index (χ1n) is 2.47. The molecule has 0 radical (unpaired) electrons. The predicted molar refractivity (Wildman–Crippen MR) is 28.7 cm³/mol. The Kier molecular flexibility index (Phi) is 7.08. The van der Waals surface area contributed by atoms with Crippen LogP contribution in [0.25, 0.3) is 0 Å². The Morgan fingerprint density at radius 2 is 2.43 bits per heavy atom. The average molecular weight is 209 g/mol. The maximum absolute atomic E-state index is 9.77. The van der Waals surface area contributed by atoms with Gasteiger partial charge in [0, 0.05) is 0 Å². The summed E-state index contributed by atoms with van der Waals surface area (Å²) in [6.45, 7) is 2.79. The van der Waals surface area contributed by atoms with E-state index < -0.39 is 21.5 Å². The maximum atomic E-state index is 9.77. The van der Waals surface area contributed by atoms with Crippen LogP contribution < -0.4 is 0 Å². The summed E-state index contributed by atoms with van der Waals surface area (Å²) in [7, 11) is 0. The first kappa shape index (κ1) is 7.56. The Morgan fingerprint density at radius 3 is 2.86 bits per heavy atom. The van der Waals surface area contributed by atoms with E-state index in [0.29, 0.717) is 6.61 Å². The van der Waals surface area contributed by atoms with E-state index in [1.165, 1.54) is 0 Å². The van der Waals surface area contributed by atoms with Crippen LogP contribution in [0.1, 0.15) is 19.8 Å². The van der Waals surface area contributed by atoms with Gasteiger partial charge in [0.05, 0.1) is 0 Å². The van der Waals surface area contributed by atoms with Gasteiger partial charge in [-0.2, -0.15) is 0 Å². The molecule has 0 bridgehead atoms. The molecule has 0 rings (SSSR count). The first-order chi connectivity index (χ1) is 3.41. The van der Waals surface area contributed by atoms with Crippen LogP contribution in [0, 0.1) is 0 Å². The molecule has 7 heavy (non-hydrogen) atoms. The monoisotopic (exact) mass is 210 g/mol. The van der Waals surface area contributed by atoms with E-state index in [9.17, 15) is 3.08 Å². The zero-order valence-electron chi connectivity index (χ0n) is 4.52. The van der Waals surface area contributed by atoms with Crippen molar-refractivity contribution >= 4 is 21.5 Å². The van der Waals surface area contributed by atoms with Gasteiger partial charge in [0.15, 0.2) is 0 Å². The summed E-state index contributed by atoms with van der Waals surface area (Å²) < 4.78 is 14.5. The van der Waals surface area contributed by atoms with Gasteiger partial charge in [0.25, 0.3) is 0 Å². The molecule has 0 heterocycles. The summed E-state index contributed by atoms with van der Waals surface area (Å²) in [6.07, 6.45) is 2.18. The van der Waals surface area contributed by atoms with Gasteiger partial charge >= 0.3 is 54.1 Å². The van der Waals surface area contributed by atoms with Crippen molar-refractivity contribution in [2.75, 3.05) is 6.61 Å². The van der Waals surface area contributed by atoms with E-state index in [1.807, 2.05) is 0 Å². The molecular formula is C4H10O2Sn. The molecule has 0 fully saturated rings. The molecule has 0 saturated carbocycles. The van der Waals surface area contributed by atoms with Gasteiger partial charge in [-0.3, -0.25) is 0 Å². The van der Waals surface area contributed by atoms with Crippen LogP contribution >= 0.6 is 0 Å². The summed E-state index contributed by atoms with van der Waals surface area (Å²) >= 11 is -1.71. The Balaban J connectivity index is 2.56. The fourth-order valence-electron chi connectivity index (χ4n) is 0.276. The molecule has 42 valence electrons. The third-order valence-corrected chi connectivity index (χ3v) is 1.74. The molecule has 0 N–H and O–H groups in total. The summed E-state index contributed by atoms with van der Waals surface area (Å²) in [4.78, 5) is 0. The van der Waals surface area contributed by atoms with Crippen LogP contribution in [0.15, 0.2) is 0 Å². The molecule has 0 aromatic rings. The van der Waals surface area contributed by atoms with Crippen LogP contribution in [0.2, 0.25) is 0 Å². The minimum atomic E-state index is -1.71. The van der Waals surface area contributed by atoms with Crippen molar-refractivity contribution in [1.29, 1.82) is 0 Å². The third-order valence-electron chi connectivity index (χ3n) is 0.684. The van der Waals surface area contributed by atoms with Gasteiger partial charge in [-0.25, -0.2) is 0 Å². The molecule has 0 aliphatic rings. The van der Waals surface area contributed by atoms with Crippen LogP contribution in [-0.4, -0.2) is 28.1 Å². The van der Waals surface area contributed by atoms with Crippen molar-refractivity contribution < 1.29 is 6.15 Å². The molecule has 0 aliphatic heterocycles. The van der Waals surface area contributed by atoms with Crippen molar-refractivity contribution in [3.05, 3.63) is 0 Å². The third kappa shape index (κ3) is 6.56. The number of hydrogen-bond donors (Lipinski definition) is 0. The van der Waals surface area contributed by atoms with E-state index in [-0.39, 0.29) is 0 Å². The van der Waals surface area contributed by atoms with Gasteiger partial charge in [-0.15, -0.1) is 0 Å².